The van der Waals surface area contributed by atoms with Gasteiger partial charge in [-0.1, -0.05) is 25.1 Å². The Morgan fingerprint density at radius 2 is 2.06 bits per heavy atom. The van der Waals surface area contributed by atoms with Crippen molar-refractivity contribution in [3.05, 3.63) is 42.3 Å². The highest BCUT2D eigenvalue weighted by Crippen LogP contribution is 2.23. The predicted octanol–water partition coefficient (Wildman–Crippen LogP) is 2.83. The van der Waals surface area contributed by atoms with Gasteiger partial charge >= 0.3 is 0 Å². The fourth-order valence-electron chi connectivity index (χ4n) is 1.57. The SMILES string of the molecule is C[C@@H](CCO)c1coc(-c2ccccc2)n1. The van der Waals surface area contributed by atoms with Crippen molar-refractivity contribution >= 4 is 0 Å². The minimum absolute atomic E-state index is 0.175. The van der Waals surface area contributed by atoms with Gasteiger partial charge in [-0.3, -0.25) is 0 Å². The van der Waals surface area contributed by atoms with E-state index in [1.807, 2.05) is 37.3 Å². The van der Waals surface area contributed by atoms with Crippen molar-refractivity contribution in [3.8, 4) is 11.5 Å². The summed E-state index contributed by atoms with van der Waals surface area (Å²) in [6.07, 6.45) is 2.38. The van der Waals surface area contributed by atoms with Crippen molar-refractivity contribution in [2.45, 2.75) is 19.3 Å². The Kier molecular flexibility index (Phi) is 3.37. The molecule has 0 amide bonds. The molecule has 0 saturated carbocycles. The molecule has 84 valence electrons. The first kappa shape index (κ1) is 10.9. The van der Waals surface area contributed by atoms with Crippen LogP contribution >= 0.6 is 0 Å². The minimum atomic E-state index is 0.175. The molecule has 3 nitrogen and oxygen atoms in total. The average molecular weight is 217 g/mol. The van der Waals surface area contributed by atoms with Crippen LogP contribution in [0.3, 0.4) is 0 Å². The number of aliphatic hydroxyl groups is 1. The third kappa shape index (κ3) is 2.31. The quantitative estimate of drug-likeness (QED) is 0.856. The number of aliphatic hydroxyl groups excluding tert-OH is 1. The Balaban J connectivity index is 2.20. The van der Waals surface area contributed by atoms with Crippen LogP contribution in [0.1, 0.15) is 25.0 Å². The number of hydrogen-bond donors (Lipinski definition) is 1. The minimum Gasteiger partial charge on any atom is -0.444 e. The lowest BCUT2D eigenvalue weighted by Gasteiger charge is -2.03. The summed E-state index contributed by atoms with van der Waals surface area (Å²) in [5.74, 6) is 0.867. The summed E-state index contributed by atoms with van der Waals surface area (Å²) < 4.78 is 5.43. The summed E-state index contributed by atoms with van der Waals surface area (Å²) in [4.78, 5) is 4.42. The molecule has 0 radical (unpaired) electrons. The average Bonchev–Trinajstić information content (AvgIpc) is 2.80. The fraction of sp³-hybridized carbons (Fsp3) is 0.308. The van der Waals surface area contributed by atoms with E-state index in [2.05, 4.69) is 4.98 Å². The molecule has 0 saturated heterocycles. The third-order valence-electron chi connectivity index (χ3n) is 2.61. The Hall–Kier alpha value is -1.61. The second-order valence-corrected chi connectivity index (χ2v) is 3.86. The first-order chi connectivity index (χ1) is 7.81. The lowest BCUT2D eigenvalue weighted by Crippen LogP contribution is -1.96. The van der Waals surface area contributed by atoms with Crippen LogP contribution in [0.25, 0.3) is 11.5 Å². The number of aromatic nitrogens is 1. The van der Waals surface area contributed by atoms with Crippen LogP contribution in [0.2, 0.25) is 0 Å². The number of hydrogen-bond acceptors (Lipinski definition) is 3. The Labute approximate surface area is 94.8 Å². The summed E-state index contributed by atoms with van der Waals surface area (Å²) in [7, 11) is 0. The summed E-state index contributed by atoms with van der Waals surface area (Å²) in [5, 5.41) is 8.86. The topological polar surface area (TPSA) is 46.3 Å². The standard InChI is InChI=1S/C13H15NO2/c1-10(7-8-15)12-9-16-13(14-12)11-5-3-2-4-6-11/h2-6,9-10,15H,7-8H2,1H3/t10-/m0/s1. The summed E-state index contributed by atoms with van der Waals surface area (Å²) >= 11 is 0. The highest BCUT2D eigenvalue weighted by molar-refractivity contribution is 5.52. The lowest BCUT2D eigenvalue weighted by molar-refractivity contribution is 0.278. The first-order valence-corrected chi connectivity index (χ1v) is 5.43. The van der Waals surface area contributed by atoms with E-state index in [1.165, 1.54) is 0 Å². The van der Waals surface area contributed by atoms with Crippen LogP contribution in [0.15, 0.2) is 41.0 Å². The molecule has 3 heteroatoms. The molecule has 1 aromatic heterocycles. The van der Waals surface area contributed by atoms with Gasteiger partial charge in [0.1, 0.15) is 6.26 Å². The monoisotopic (exact) mass is 217 g/mol. The van der Waals surface area contributed by atoms with E-state index in [0.717, 1.165) is 11.3 Å². The zero-order chi connectivity index (χ0) is 11.4. The van der Waals surface area contributed by atoms with Gasteiger partial charge in [-0.2, -0.15) is 0 Å². The largest absolute Gasteiger partial charge is 0.444 e. The van der Waals surface area contributed by atoms with E-state index >= 15 is 0 Å². The van der Waals surface area contributed by atoms with Gasteiger partial charge in [0.25, 0.3) is 0 Å². The summed E-state index contributed by atoms with van der Waals surface area (Å²) in [5.41, 5.74) is 1.87. The van der Waals surface area contributed by atoms with Gasteiger partial charge in [0, 0.05) is 18.1 Å². The number of benzene rings is 1. The van der Waals surface area contributed by atoms with E-state index in [4.69, 9.17) is 9.52 Å². The van der Waals surface area contributed by atoms with Crippen LogP contribution in [0.5, 0.6) is 0 Å². The summed E-state index contributed by atoms with van der Waals surface area (Å²) in [6.45, 7) is 2.21. The molecule has 0 bridgehead atoms. The maximum absolute atomic E-state index is 8.86. The van der Waals surface area contributed by atoms with Crippen molar-refractivity contribution in [2.24, 2.45) is 0 Å². The molecule has 1 aromatic carbocycles. The van der Waals surface area contributed by atoms with E-state index < -0.39 is 0 Å². The molecule has 0 aliphatic carbocycles. The van der Waals surface area contributed by atoms with Crippen LogP contribution in [0.4, 0.5) is 0 Å². The highest BCUT2D eigenvalue weighted by atomic mass is 16.3. The molecule has 2 rings (SSSR count). The van der Waals surface area contributed by atoms with Crippen molar-refractivity contribution in [1.29, 1.82) is 0 Å². The van der Waals surface area contributed by atoms with E-state index in [-0.39, 0.29) is 12.5 Å². The summed E-state index contributed by atoms with van der Waals surface area (Å²) in [6, 6.07) is 9.80. The molecule has 0 spiro atoms. The molecule has 0 aliphatic rings. The van der Waals surface area contributed by atoms with Gasteiger partial charge in [-0.25, -0.2) is 4.98 Å². The normalized spacial score (nSPS) is 12.6. The Morgan fingerprint density at radius 1 is 1.31 bits per heavy atom. The fourth-order valence-corrected chi connectivity index (χ4v) is 1.57. The first-order valence-electron chi connectivity index (χ1n) is 5.43. The zero-order valence-corrected chi connectivity index (χ0v) is 9.26. The van der Waals surface area contributed by atoms with Crippen molar-refractivity contribution in [2.75, 3.05) is 6.61 Å². The molecule has 1 atom stereocenters. The van der Waals surface area contributed by atoms with Crippen molar-refractivity contribution < 1.29 is 9.52 Å². The molecular weight excluding hydrogens is 202 g/mol. The second kappa shape index (κ2) is 4.94. The van der Waals surface area contributed by atoms with Gasteiger partial charge in [0.2, 0.25) is 5.89 Å². The molecule has 16 heavy (non-hydrogen) atoms. The molecule has 1 N–H and O–H groups in total. The predicted molar refractivity (Wildman–Crippen MR) is 62.1 cm³/mol. The van der Waals surface area contributed by atoms with Crippen LogP contribution in [-0.4, -0.2) is 16.7 Å². The molecule has 2 aromatic rings. The zero-order valence-electron chi connectivity index (χ0n) is 9.26. The van der Waals surface area contributed by atoms with Gasteiger partial charge in [-0.05, 0) is 18.6 Å². The van der Waals surface area contributed by atoms with Gasteiger partial charge in [0.05, 0.1) is 5.69 Å². The Morgan fingerprint density at radius 3 is 2.75 bits per heavy atom. The van der Waals surface area contributed by atoms with E-state index in [1.54, 1.807) is 6.26 Å². The van der Waals surface area contributed by atoms with Gasteiger partial charge in [-0.15, -0.1) is 0 Å². The molecule has 0 unspecified atom stereocenters. The van der Waals surface area contributed by atoms with Gasteiger partial charge in [0.15, 0.2) is 0 Å². The lowest BCUT2D eigenvalue weighted by atomic mass is 10.1. The number of nitrogens with zero attached hydrogens (tertiary/aromatic N) is 1. The van der Waals surface area contributed by atoms with Crippen molar-refractivity contribution in [1.82, 2.24) is 4.98 Å². The van der Waals surface area contributed by atoms with E-state index in [9.17, 15) is 0 Å². The van der Waals surface area contributed by atoms with Crippen molar-refractivity contribution in [3.63, 3.8) is 0 Å². The molecular formula is C13H15NO2. The van der Waals surface area contributed by atoms with E-state index in [0.29, 0.717) is 12.3 Å². The maximum Gasteiger partial charge on any atom is 0.226 e. The molecule has 0 aliphatic heterocycles. The van der Waals surface area contributed by atoms with Crippen LogP contribution in [-0.2, 0) is 0 Å². The Bertz CT molecular complexity index is 436. The van der Waals surface area contributed by atoms with Gasteiger partial charge < -0.3 is 9.52 Å². The molecule has 0 fully saturated rings. The maximum atomic E-state index is 8.86. The van der Waals surface area contributed by atoms with Crippen LogP contribution in [0, 0.1) is 0 Å². The number of oxazole rings is 1. The number of rotatable bonds is 4. The van der Waals surface area contributed by atoms with Crippen LogP contribution < -0.4 is 0 Å². The third-order valence-corrected chi connectivity index (χ3v) is 2.61. The highest BCUT2D eigenvalue weighted by Gasteiger charge is 2.11. The second-order valence-electron chi connectivity index (χ2n) is 3.86. The smallest absolute Gasteiger partial charge is 0.226 e. The molecule has 1 heterocycles.